The van der Waals surface area contributed by atoms with Gasteiger partial charge >= 0.3 is 0 Å². The molecule has 0 aliphatic carbocycles. The number of thioether (sulfide) groups is 1. The molecule has 0 bridgehead atoms. The Labute approximate surface area is 87.1 Å². The van der Waals surface area contributed by atoms with E-state index in [1.807, 2.05) is 23.5 Å². The van der Waals surface area contributed by atoms with Gasteiger partial charge in [0.1, 0.15) is 0 Å². The first kappa shape index (κ1) is 9.49. The van der Waals surface area contributed by atoms with Crippen molar-refractivity contribution in [1.29, 1.82) is 0 Å². The third kappa shape index (κ3) is 2.97. The van der Waals surface area contributed by atoms with Crippen LogP contribution in [0.25, 0.3) is 0 Å². The average Bonchev–Trinajstić information content (AvgIpc) is 2.75. The van der Waals surface area contributed by atoms with Crippen LogP contribution in [0.15, 0.2) is 11.7 Å². The number of hydrogen-bond acceptors (Lipinski definition) is 4. The Kier molecular flexibility index (Phi) is 3.64. The number of nitrogens with one attached hydrogen (secondary N) is 1. The van der Waals surface area contributed by atoms with Crippen LogP contribution < -0.4 is 5.32 Å². The third-order valence-corrected chi connectivity index (χ3v) is 4.43. The monoisotopic (exact) mass is 214 g/mol. The summed E-state index contributed by atoms with van der Waals surface area (Å²) in [6, 6.07) is 0. The second-order valence-electron chi connectivity index (χ2n) is 3.34. The minimum atomic E-state index is 0.901. The van der Waals surface area contributed by atoms with Gasteiger partial charge in [0.15, 0.2) is 0 Å². The lowest BCUT2D eigenvalue weighted by Crippen LogP contribution is -2.10. The number of thiazole rings is 1. The predicted molar refractivity (Wildman–Crippen MR) is 59.3 cm³/mol. The zero-order valence-electron chi connectivity index (χ0n) is 7.53. The van der Waals surface area contributed by atoms with Crippen molar-refractivity contribution < 1.29 is 0 Å². The van der Waals surface area contributed by atoms with E-state index in [0.717, 1.165) is 11.7 Å². The fourth-order valence-electron chi connectivity index (χ4n) is 1.50. The Hall–Kier alpha value is -0.0600. The van der Waals surface area contributed by atoms with Gasteiger partial charge in [-0.1, -0.05) is 0 Å². The highest BCUT2D eigenvalue weighted by molar-refractivity contribution is 7.98. The molecular formula is C9H14N2S2. The van der Waals surface area contributed by atoms with E-state index >= 15 is 0 Å². The molecule has 1 aromatic heterocycles. The van der Waals surface area contributed by atoms with Crippen molar-refractivity contribution >= 4 is 23.1 Å². The highest BCUT2D eigenvalue weighted by Gasteiger charge is 2.13. The summed E-state index contributed by atoms with van der Waals surface area (Å²) in [5, 5.41) is 3.39. The molecule has 4 heteroatoms. The van der Waals surface area contributed by atoms with Gasteiger partial charge in [0.2, 0.25) is 0 Å². The summed E-state index contributed by atoms with van der Waals surface area (Å²) in [5.41, 5.74) is 1.91. The Morgan fingerprint density at radius 2 is 2.69 bits per heavy atom. The van der Waals surface area contributed by atoms with Crippen LogP contribution in [0, 0.1) is 5.92 Å². The van der Waals surface area contributed by atoms with Crippen molar-refractivity contribution in [2.45, 2.75) is 12.2 Å². The van der Waals surface area contributed by atoms with Crippen LogP contribution in [0.1, 0.15) is 11.3 Å². The molecule has 72 valence electrons. The maximum absolute atomic E-state index is 4.07. The van der Waals surface area contributed by atoms with Gasteiger partial charge in [-0.05, 0) is 31.2 Å². The van der Waals surface area contributed by atoms with Crippen molar-refractivity contribution in [3.8, 4) is 0 Å². The fraction of sp³-hybridized carbons (Fsp3) is 0.667. The molecule has 0 unspecified atom stereocenters. The van der Waals surface area contributed by atoms with Crippen LogP contribution in [0.3, 0.4) is 0 Å². The molecule has 1 aromatic rings. The molecule has 2 heterocycles. The zero-order valence-corrected chi connectivity index (χ0v) is 9.16. The number of rotatable bonds is 4. The minimum absolute atomic E-state index is 0.901. The molecular weight excluding hydrogens is 200 g/mol. The Morgan fingerprint density at radius 3 is 3.38 bits per heavy atom. The SMILES string of the molecule is c1ncc(CSC[C@@H]2CCNC2)s1. The molecule has 2 rings (SSSR count). The average molecular weight is 214 g/mol. The molecule has 0 amide bonds. The van der Waals surface area contributed by atoms with E-state index in [9.17, 15) is 0 Å². The molecule has 1 aliphatic heterocycles. The molecule has 1 saturated heterocycles. The highest BCUT2D eigenvalue weighted by atomic mass is 32.2. The second kappa shape index (κ2) is 4.98. The van der Waals surface area contributed by atoms with E-state index in [1.54, 1.807) is 11.3 Å². The molecule has 1 fully saturated rings. The number of hydrogen-bond donors (Lipinski definition) is 1. The molecule has 2 nitrogen and oxygen atoms in total. The molecule has 0 spiro atoms. The van der Waals surface area contributed by atoms with E-state index in [2.05, 4.69) is 10.3 Å². The summed E-state index contributed by atoms with van der Waals surface area (Å²) in [4.78, 5) is 5.46. The van der Waals surface area contributed by atoms with E-state index in [4.69, 9.17) is 0 Å². The summed E-state index contributed by atoms with van der Waals surface area (Å²) in [7, 11) is 0. The molecule has 1 N–H and O–H groups in total. The van der Waals surface area contributed by atoms with Crippen LogP contribution in [0.2, 0.25) is 0 Å². The standard InChI is InChI=1S/C9H14N2S2/c1-2-10-3-8(1)5-12-6-9-4-11-7-13-9/h4,7-8,10H,1-3,5-6H2/t8-/m1/s1. The quantitative estimate of drug-likeness (QED) is 0.829. The summed E-state index contributed by atoms with van der Waals surface area (Å²) in [6.45, 7) is 2.43. The maximum Gasteiger partial charge on any atom is 0.0794 e. The fourth-order valence-corrected chi connectivity index (χ4v) is 3.41. The van der Waals surface area contributed by atoms with Gasteiger partial charge in [0.05, 0.1) is 5.51 Å². The van der Waals surface area contributed by atoms with Gasteiger partial charge in [0, 0.05) is 16.8 Å². The molecule has 0 saturated carbocycles. The van der Waals surface area contributed by atoms with Crippen molar-refractivity contribution in [1.82, 2.24) is 10.3 Å². The van der Waals surface area contributed by atoms with Crippen molar-refractivity contribution in [2.75, 3.05) is 18.8 Å². The van der Waals surface area contributed by atoms with Gasteiger partial charge in [-0.15, -0.1) is 11.3 Å². The van der Waals surface area contributed by atoms with Crippen LogP contribution in [0.4, 0.5) is 0 Å². The van der Waals surface area contributed by atoms with Gasteiger partial charge in [-0.25, -0.2) is 0 Å². The van der Waals surface area contributed by atoms with E-state index in [0.29, 0.717) is 0 Å². The summed E-state index contributed by atoms with van der Waals surface area (Å²) in [5.74, 6) is 3.34. The molecule has 1 atom stereocenters. The largest absolute Gasteiger partial charge is 0.316 e. The van der Waals surface area contributed by atoms with Crippen LogP contribution in [-0.4, -0.2) is 23.8 Å². The third-order valence-electron chi connectivity index (χ3n) is 2.24. The first-order valence-electron chi connectivity index (χ1n) is 4.61. The van der Waals surface area contributed by atoms with E-state index in [1.165, 1.54) is 30.1 Å². The summed E-state index contributed by atoms with van der Waals surface area (Å²) in [6.07, 6.45) is 3.33. The van der Waals surface area contributed by atoms with Crippen molar-refractivity contribution in [3.63, 3.8) is 0 Å². The normalized spacial score (nSPS) is 22.3. The van der Waals surface area contributed by atoms with Gasteiger partial charge in [-0.3, -0.25) is 4.98 Å². The predicted octanol–water partition coefficient (Wildman–Crippen LogP) is 1.99. The zero-order chi connectivity index (χ0) is 8.93. The Balaban J connectivity index is 1.63. The topological polar surface area (TPSA) is 24.9 Å². The van der Waals surface area contributed by atoms with Crippen molar-refractivity contribution in [2.24, 2.45) is 5.92 Å². The second-order valence-corrected chi connectivity index (χ2v) is 5.34. The van der Waals surface area contributed by atoms with Crippen LogP contribution in [-0.2, 0) is 5.75 Å². The smallest absolute Gasteiger partial charge is 0.0794 e. The molecule has 13 heavy (non-hydrogen) atoms. The lowest BCUT2D eigenvalue weighted by atomic mass is 10.2. The lowest BCUT2D eigenvalue weighted by molar-refractivity contribution is 0.662. The van der Waals surface area contributed by atoms with E-state index in [-0.39, 0.29) is 0 Å². The first-order valence-corrected chi connectivity index (χ1v) is 6.64. The van der Waals surface area contributed by atoms with Crippen LogP contribution >= 0.6 is 23.1 Å². The maximum atomic E-state index is 4.07. The Bertz CT molecular complexity index is 230. The van der Waals surface area contributed by atoms with Gasteiger partial charge in [-0.2, -0.15) is 11.8 Å². The molecule has 0 aromatic carbocycles. The number of nitrogens with zero attached hydrogens (tertiary/aromatic N) is 1. The lowest BCUT2D eigenvalue weighted by Gasteiger charge is -2.05. The number of aromatic nitrogens is 1. The minimum Gasteiger partial charge on any atom is -0.316 e. The highest BCUT2D eigenvalue weighted by Crippen LogP contribution is 2.20. The molecule has 1 aliphatic rings. The summed E-state index contributed by atoms with van der Waals surface area (Å²) < 4.78 is 0. The molecule has 0 radical (unpaired) electrons. The van der Waals surface area contributed by atoms with Gasteiger partial charge in [0.25, 0.3) is 0 Å². The van der Waals surface area contributed by atoms with Crippen LogP contribution in [0.5, 0.6) is 0 Å². The first-order chi connectivity index (χ1) is 6.45. The Morgan fingerprint density at radius 1 is 1.69 bits per heavy atom. The van der Waals surface area contributed by atoms with Gasteiger partial charge < -0.3 is 5.32 Å². The van der Waals surface area contributed by atoms with E-state index < -0.39 is 0 Å². The summed E-state index contributed by atoms with van der Waals surface area (Å²) >= 11 is 3.80. The van der Waals surface area contributed by atoms with Crippen molar-refractivity contribution in [3.05, 3.63) is 16.6 Å².